The molecule has 0 amide bonds. The molecule has 0 radical (unpaired) electrons. The summed E-state index contributed by atoms with van der Waals surface area (Å²) < 4.78 is 0. The van der Waals surface area contributed by atoms with E-state index in [0.29, 0.717) is 16.1 Å². The molecule has 2 nitrogen and oxygen atoms in total. The lowest BCUT2D eigenvalue weighted by Gasteiger charge is -2.08. The Balaban J connectivity index is 2.20. The van der Waals surface area contributed by atoms with Crippen LogP contribution < -0.4 is 0 Å². The van der Waals surface area contributed by atoms with Crippen LogP contribution in [0.25, 0.3) is 11.1 Å². The highest BCUT2D eigenvalue weighted by molar-refractivity contribution is 6.35. The summed E-state index contributed by atoms with van der Waals surface area (Å²) in [4.78, 5) is 16.3. The van der Waals surface area contributed by atoms with Crippen molar-refractivity contribution in [2.45, 2.75) is 13.8 Å². The fraction of sp³-hybridized carbons (Fsp3) is 0.105. The van der Waals surface area contributed by atoms with E-state index in [0.717, 1.165) is 22.5 Å². The van der Waals surface area contributed by atoms with Gasteiger partial charge in [-0.05, 0) is 31.5 Å². The number of aromatic amines is 1. The Labute approximate surface area is 134 Å². The zero-order valence-electron chi connectivity index (χ0n) is 12.5. The molecular formula is C19H16ClNO. The first-order valence-corrected chi connectivity index (χ1v) is 7.51. The summed E-state index contributed by atoms with van der Waals surface area (Å²) in [6, 6.07) is 17.1. The van der Waals surface area contributed by atoms with E-state index in [1.165, 1.54) is 0 Å². The largest absolute Gasteiger partial charge is 0.362 e. The van der Waals surface area contributed by atoms with Crippen LogP contribution in [0.15, 0.2) is 54.6 Å². The first kappa shape index (κ1) is 14.6. The molecule has 0 saturated carbocycles. The van der Waals surface area contributed by atoms with Crippen molar-refractivity contribution in [1.29, 1.82) is 0 Å². The van der Waals surface area contributed by atoms with E-state index in [2.05, 4.69) is 4.98 Å². The lowest BCUT2D eigenvalue weighted by atomic mass is 9.94. The SMILES string of the molecule is Cc1[nH]c(C)c(-c2ccccc2)c1C(=O)c1ccccc1Cl. The standard InChI is InChI=1S/C19H16ClNO/c1-12-17(14-8-4-3-5-9-14)18(13(2)21-12)19(22)15-10-6-7-11-16(15)20/h3-11,21H,1-2H3. The Kier molecular flexibility index (Phi) is 3.86. The van der Waals surface area contributed by atoms with Crippen LogP contribution in [0.1, 0.15) is 27.3 Å². The van der Waals surface area contributed by atoms with Crippen molar-refractivity contribution in [1.82, 2.24) is 4.98 Å². The number of aromatic nitrogens is 1. The van der Waals surface area contributed by atoms with E-state index in [1.54, 1.807) is 12.1 Å². The van der Waals surface area contributed by atoms with Crippen molar-refractivity contribution < 1.29 is 4.79 Å². The number of hydrogen-bond donors (Lipinski definition) is 1. The van der Waals surface area contributed by atoms with Crippen LogP contribution in [0.5, 0.6) is 0 Å². The van der Waals surface area contributed by atoms with Crippen molar-refractivity contribution in [3.05, 3.63) is 82.1 Å². The second-order valence-corrected chi connectivity index (χ2v) is 5.71. The van der Waals surface area contributed by atoms with Gasteiger partial charge in [0, 0.05) is 22.5 Å². The minimum absolute atomic E-state index is 0.0497. The highest BCUT2D eigenvalue weighted by Crippen LogP contribution is 2.32. The van der Waals surface area contributed by atoms with Crippen LogP contribution in [0.2, 0.25) is 5.02 Å². The molecule has 22 heavy (non-hydrogen) atoms. The minimum Gasteiger partial charge on any atom is -0.362 e. The Bertz CT molecular complexity index is 834. The molecule has 0 fully saturated rings. The molecule has 3 rings (SSSR count). The van der Waals surface area contributed by atoms with Crippen LogP contribution in [0, 0.1) is 13.8 Å². The van der Waals surface area contributed by atoms with Gasteiger partial charge in [-0.15, -0.1) is 0 Å². The van der Waals surface area contributed by atoms with E-state index in [9.17, 15) is 4.79 Å². The Hall–Kier alpha value is -2.32. The number of H-pyrrole nitrogens is 1. The van der Waals surface area contributed by atoms with E-state index in [1.807, 2.05) is 56.3 Å². The minimum atomic E-state index is -0.0497. The van der Waals surface area contributed by atoms with Crippen molar-refractivity contribution >= 4 is 17.4 Å². The summed E-state index contributed by atoms with van der Waals surface area (Å²) in [6.45, 7) is 3.90. The fourth-order valence-corrected chi connectivity index (χ4v) is 3.03. The summed E-state index contributed by atoms with van der Waals surface area (Å²) in [5.41, 5.74) is 5.04. The van der Waals surface area contributed by atoms with Gasteiger partial charge in [0.1, 0.15) is 0 Å². The fourth-order valence-electron chi connectivity index (χ4n) is 2.81. The number of halogens is 1. The molecule has 2 aromatic carbocycles. The predicted octanol–water partition coefficient (Wildman–Crippen LogP) is 5.18. The normalized spacial score (nSPS) is 10.7. The highest BCUT2D eigenvalue weighted by Gasteiger charge is 2.22. The van der Waals surface area contributed by atoms with Gasteiger partial charge in [0.2, 0.25) is 0 Å². The molecule has 0 atom stereocenters. The average molecular weight is 310 g/mol. The smallest absolute Gasteiger partial charge is 0.196 e. The quantitative estimate of drug-likeness (QED) is 0.664. The summed E-state index contributed by atoms with van der Waals surface area (Å²) in [5, 5.41) is 0.477. The number of carbonyl (C=O) groups excluding carboxylic acids is 1. The maximum Gasteiger partial charge on any atom is 0.196 e. The van der Waals surface area contributed by atoms with Gasteiger partial charge < -0.3 is 4.98 Å². The van der Waals surface area contributed by atoms with Crippen LogP contribution in [-0.4, -0.2) is 10.8 Å². The van der Waals surface area contributed by atoms with Gasteiger partial charge in [-0.3, -0.25) is 4.79 Å². The topological polar surface area (TPSA) is 32.9 Å². The van der Waals surface area contributed by atoms with Gasteiger partial charge in [-0.2, -0.15) is 0 Å². The van der Waals surface area contributed by atoms with Crippen molar-refractivity contribution in [2.24, 2.45) is 0 Å². The van der Waals surface area contributed by atoms with Gasteiger partial charge in [-0.1, -0.05) is 54.1 Å². The molecule has 3 heteroatoms. The van der Waals surface area contributed by atoms with Gasteiger partial charge in [-0.25, -0.2) is 0 Å². The maximum absolute atomic E-state index is 13.0. The van der Waals surface area contributed by atoms with Gasteiger partial charge in [0.25, 0.3) is 0 Å². The van der Waals surface area contributed by atoms with Crippen molar-refractivity contribution in [3.8, 4) is 11.1 Å². The Morgan fingerprint density at radius 2 is 1.55 bits per heavy atom. The summed E-state index contributed by atoms with van der Waals surface area (Å²) in [6.07, 6.45) is 0. The maximum atomic E-state index is 13.0. The summed E-state index contributed by atoms with van der Waals surface area (Å²) in [7, 11) is 0. The summed E-state index contributed by atoms with van der Waals surface area (Å²) >= 11 is 6.20. The zero-order valence-corrected chi connectivity index (χ0v) is 13.2. The van der Waals surface area contributed by atoms with Gasteiger partial charge in [0.05, 0.1) is 10.6 Å². The van der Waals surface area contributed by atoms with E-state index >= 15 is 0 Å². The lowest BCUT2D eigenvalue weighted by Crippen LogP contribution is -2.04. The molecule has 1 N–H and O–H groups in total. The number of benzene rings is 2. The zero-order chi connectivity index (χ0) is 15.7. The van der Waals surface area contributed by atoms with Gasteiger partial charge in [0.15, 0.2) is 5.78 Å². The third-order valence-corrected chi connectivity index (χ3v) is 4.11. The number of carbonyl (C=O) groups is 1. The van der Waals surface area contributed by atoms with E-state index < -0.39 is 0 Å². The average Bonchev–Trinajstić information content (AvgIpc) is 2.82. The molecule has 1 aromatic heterocycles. The van der Waals surface area contributed by atoms with E-state index in [4.69, 9.17) is 11.6 Å². The lowest BCUT2D eigenvalue weighted by molar-refractivity contribution is 0.103. The molecule has 0 aliphatic carbocycles. The Morgan fingerprint density at radius 1 is 0.909 bits per heavy atom. The number of aryl methyl sites for hydroxylation is 2. The predicted molar refractivity (Wildman–Crippen MR) is 90.6 cm³/mol. The van der Waals surface area contributed by atoms with Crippen LogP contribution in [-0.2, 0) is 0 Å². The molecule has 110 valence electrons. The number of rotatable bonds is 3. The second-order valence-electron chi connectivity index (χ2n) is 5.30. The third kappa shape index (κ3) is 2.46. The molecule has 1 heterocycles. The molecular weight excluding hydrogens is 294 g/mol. The van der Waals surface area contributed by atoms with Crippen molar-refractivity contribution in [2.75, 3.05) is 0 Å². The second kappa shape index (κ2) is 5.82. The molecule has 0 aliphatic rings. The van der Waals surface area contributed by atoms with Crippen LogP contribution in [0.4, 0.5) is 0 Å². The number of nitrogens with one attached hydrogen (secondary N) is 1. The molecule has 0 unspecified atom stereocenters. The molecule has 3 aromatic rings. The first-order chi connectivity index (χ1) is 10.6. The Morgan fingerprint density at radius 3 is 2.23 bits per heavy atom. The van der Waals surface area contributed by atoms with Crippen molar-refractivity contribution in [3.63, 3.8) is 0 Å². The monoisotopic (exact) mass is 309 g/mol. The summed E-state index contributed by atoms with van der Waals surface area (Å²) in [5.74, 6) is -0.0497. The molecule has 0 bridgehead atoms. The molecule has 0 saturated heterocycles. The van der Waals surface area contributed by atoms with Crippen LogP contribution in [0.3, 0.4) is 0 Å². The molecule has 0 spiro atoms. The molecule has 0 aliphatic heterocycles. The van der Waals surface area contributed by atoms with E-state index in [-0.39, 0.29) is 5.78 Å². The van der Waals surface area contributed by atoms with Crippen LogP contribution >= 0.6 is 11.6 Å². The van der Waals surface area contributed by atoms with Gasteiger partial charge >= 0.3 is 0 Å². The highest BCUT2D eigenvalue weighted by atomic mass is 35.5. The number of hydrogen-bond acceptors (Lipinski definition) is 1. The number of ketones is 1. The first-order valence-electron chi connectivity index (χ1n) is 7.13. The third-order valence-electron chi connectivity index (χ3n) is 3.78.